The maximum absolute atomic E-state index is 12.0. The molecule has 0 spiro atoms. The van der Waals surface area contributed by atoms with E-state index in [0.717, 1.165) is 18.6 Å². The Bertz CT molecular complexity index is 674. The number of hydrogen-bond acceptors (Lipinski definition) is 6. The summed E-state index contributed by atoms with van der Waals surface area (Å²) < 4.78 is 71.7. The van der Waals surface area contributed by atoms with Crippen LogP contribution < -0.4 is 11.5 Å². The highest BCUT2D eigenvalue weighted by Gasteiger charge is 2.36. The third-order valence-electron chi connectivity index (χ3n) is 2.03. The van der Waals surface area contributed by atoms with Crippen LogP contribution in [0.4, 0.5) is 38.0 Å². The molecular weight excluding hydrogens is 398 g/mol. The predicted molar refractivity (Wildman–Crippen MR) is 70.6 cm³/mol. The molecule has 126 valence electrons. The second kappa shape index (κ2) is 6.93. The molecule has 0 amide bonds. The fourth-order valence-electron chi connectivity index (χ4n) is 1.15. The smallest absolute Gasteiger partial charge is 0.382 e. The summed E-state index contributed by atoms with van der Waals surface area (Å²) in [5, 5.41) is 0. The van der Waals surface area contributed by atoms with Crippen LogP contribution in [0.1, 0.15) is 11.4 Å². The topological polar surface area (TPSA) is 104 Å². The van der Waals surface area contributed by atoms with E-state index < -0.39 is 35.4 Å². The lowest BCUT2D eigenvalue weighted by molar-refractivity contribution is -0.141. The highest BCUT2D eigenvalue weighted by Crippen LogP contribution is 2.31. The van der Waals surface area contributed by atoms with Gasteiger partial charge in [-0.3, -0.25) is 0 Å². The van der Waals surface area contributed by atoms with Crippen LogP contribution in [0, 0.1) is 0 Å². The molecule has 23 heavy (non-hydrogen) atoms. The van der Waals surface area contributed by atoms with Crippen LogP contribution in [0.5, 0.6) is 0 Å². The lowest BCUT2D eigenvalue weighted by Crippen LogP contribution is -2.12. The number of nitrogens with two attached hydrogens (primary N) is 2. The lowest BCUT2D eigenvalue weighted by atomic mass is 10.4. The predicted octanol–water partition coefficient (Wildman–Crippen LogP) is 2.92. The summed E-state index contributed by atoms with van der Waals surface area (Å²) in [6.45, 7) is 0. The number of alkyl halides is 6. The van der Waals surface area contributed by atoms with Gasteiger partial charge in [0.1, 0.15) is 4.60 Å². The van der Waals surface area contributed by atoms with Crippen LogP contribution in [0.25, 0.3) is 0 Å². The zero-order valence-electron chi connectivity index (χ0n) is 10.8. The summed E-state index contributed by atoms with van der Waals surface area (Å²) in [4.78, 5) is 12.7. The molecule has 6 nitrogen and oxygen atoms in total. The average Bonchev–Trinajstić information content (AvgIpc) is 2.40. The van der Waals surface area contributed by atoms with Gasteiger partial charge in [-0.2, -0.15) is 26.3 Å². The van der Waals surface area contributed by atoms with Crippen molar-refractivity contribution in [1.29, 1.82) is 0 Å². The van der Waals surface area contributed by atoms with Gasteiger partial charge < -0.3 is 11.5 Å². The minimum absolute atomic E-state index is 0.00373. The summed E-state index contributed by atoms with van der Waals surface area (Å²) in [7, 11) is 0. The summed E-state index contributed by atoms with van der Waals surface area (Å²) >= 11 is 2.76. The van der Waals surface area contributed by atoms with Crippen LogP contribution in [0.15, 0.2) is 23.2 Å². The molecule has 0 fully saturated rings. The monoisotopic (exact) mass is 404 g/mol. The van der Waals surface area contributed by atoms with Crippen molar-refractivity contribution in [2.24, 2.45) is 0 Å². The van der Waals surface area contributed by atoms with E-state index in [-0.39, 0.29) is 4.60 Å². The van der Waals surface area contributed by atoms with Gasteiger partial charge in [0.05, 0.1) is 6.20 Å². The standard InChI is InChI=1S/C5H3BrF3N3.C5H4F3N3/c6-2-1-11-4(10)3(12-2)5(7,8)9;6-5(7,8)3-4(9)11-2-1-10-3/h1H,(H2,10,11);1-2H,(H2,9,11). The van der Waals surface area contributed by atoms with Gasteiger partial charge in [0.25, 0.3) is 0 Å². The van der Waals surface area contributed by atoms with E-state index >= 15 is 0 Å². The maximum Gasteiger partial charge on any atom is 0.437 e. The van der Waals surface area contributed by atoms with Crippen molar-refractivity contribution in [3.8, 4) is 0 Å². The molecule has 0 saturated heterocycles. The molecule has 0 bridgehead atoms. The zero-order chi connectivity index (χ0) is 17.8. The quantitative estimate of drug-likeness (QED) is 0.654. The molecule has 2 heterocycles. The molecule has 2 aromatic rings. The number of hydrogen-bond donors (Lipinski definition) is 2. The number of anilines is 2. The normalized spacial score (nSPS) is 11.6. The van der Waals surface area contributed by atoms with Gasteiger partial charge in [-0.15, -0.1) is 0 Å². The number of nitrogens with zero attached hydrogens (tertiary/aromatic N) is 4. The van der Waals surface area contributed by atoms with Crippen molar-refractivity contribution < 1.29 is 26.3 Å². The SMILES string of the molecule is Nc1ncc(Br)nc1C(F)(F)F.Nc1nccnc1C(F)(F)F. The van der Waals surface area contributed by atoms with E-state index in [1.807, 2.05) is 0 Å². The molecule has 2 rings (SSSR count). The highest BCUT2D eigenvalue weighted by atomic mass is 79.9. The Balaban J connectivity index is 0.000000231. The lowest BCUT2D eigenvalue weighted by Gasteiger charge is -2.06. The van der Waals surface area contributed by atoms with E-state index in [4.69, 9.17) is 11.5 Å². The van der Waals surface area contributed by atoms with E-state index in [1.165, 1.54) is 0 Å². The third-order valence-corrected chi connectivity index (χ3v) is 2.42. The molecule has 0 saturated carbocycles. The molecule has 0 atom stereocenters. The van der Waals surface area contributed by atoms with Gasteiger partial charge in [-0.25, -0.2) is 19.9 Å². The first-order valence-electron chi connectivity index (χ1n) is 5.41. The first-order valence-corrected chi connectivity index (χ1v) is 6.21. The van der Waals surface area contributed by atoms with Crippen molar-refractivity contribution in [3.63, 3.8) is 0 Å². The maximum atomic E-state index is 12.0. The van der Waals surface area contributed by atoms with Crippen LogP contribution in [-0.4, -0.2) is 19.9 Å². The third kappa shape index (κ3) is 5.50. The second-order valence-corrected chi connectivity index (χ2v) is 4.52. The van der Waals surface area contributed by atoms with Gasteiger partial charge in [0, 0.05) is 12.4 Å². The van der Waals surface area contributed by atoms with Crippen molar-refractivity contribution in [1.82, 2.24) is 19.9 Å². The van der Waals surface area contributed by atoms with Gasteiger partial charge in [-0.05, 0) is 15.9 Å². The number of rotatable bonds is 0. The largest absolute Gasteiger partial charge is 0.437 e. The Hall–Kier alpha value is -2.18. The number of halogens is 7. The van der Waals surface area contributed by atoms with Crippen LogP contribution in [0.2, 0.25) is 0 Å². The first kappa shape index (κ1) is 18.9. The van der Waals surface area contributed by atoms with Crippen LogP contribution >= 0.6 is 15.9 Å². The van der Waals surface area contributed by atoms with Crippen LogP contribution in [0.3, 0.4) is 0 Å². The molecular formula is C10H7BrF6N6. The van der Waals surface area contributed by atoms with Gasteiger partial charge >= 0.3 is 12.4 Å². The van der Waals surface area contributed by atoms with Gasteiger partial charge in [0.2, 0.25) is 0 Å². The van der Waals surface area contributed by atoms with E-state index in [1.54, 1.807) is 0 Å². The fourth-order valence-corrected chi connectivity index (χ4v) is 1.43. The Morgan fingerprint density at radius 1 is 0.783 bits per heavy atom. The summed E-state index contributed by atoms with van der Waals surface area (Å²) in [5.41, 5.74) is 7.57. The molecule has 13 heteroatoms. The zero-order valence-corrected chi connectivity index (χ0v) is 12.4. The molecule has 0 aromatic carbocycles. The number of aromatic nitrogens is 4. The Kier molecular flexibility index (Phi) is 5.69. The van der Waals surface area contributed by atoms with Gasteiger partial charge in [-0.1, -0.05) is 0 Å². The summed E-state index contributed by atoms with van der Waals surface area (Å²) in [5.74, 6) is -1.22. The number of nitrogen functional groups attached to an aromatic ring is 2. The van der Waals surface area contributed by atoms with Crippen molar-refractivity contribution in [3.05, 3.63) is 34.6 Å². The van der Waals surface area contributed by atoms with Crippen LogP contribution in [-0.2, 0) is 12.4 Å². The molecule has 0 aliphatic rings. The summed E-state index contributed by atoms with van der Waals surface area (Å²) in [6.07, 6.45) is -5.92. The highest BCUT2D eigenvalue weighted by molar-refractivity contribution is 9.10. The van der Waals surface area contributed by atoms with Crippen molar-refractivity contribution >= 4 is 27.6 Å². The molecule has 0 aliphatic heterocycles. The minimum Gasteiger partial charge on any atom is -0.382 e. The van der Waals surface area contributed by atoms with E-state index in [9.17, 15) is 26.3 Å². The summed E-state index contributed by atoms with van der Waals surface area (Å²) in [6, 6.07) is 0. The molecule has 0 radical (unpaired) electrons. The molecule has 2 aromatic heterocycles. The second-order valence-electron chi connectivity index (χ2n) is 3.71. The first-order chi connectivity index (χ1) is 10.4. The Morgan fingerprint density at radius 2 is 1.26 bits per heavy atom. The molecule has 4 N–H and O–H groups in total. The van der Waals surface area contributed by atoms with E-state index in [2.05, 4.69) is 35.9 Å². The van der Waals surface area contributed by atoms with Crippen molar-refractivity contribution in [2.45, 2.75) is 12.4 Å². The average molecular weight is 405 g/mol. The Labute approximate surface area is 133 Å². The van der Waals surface area contributed by atoms with E-state index in [0.29, 0.717) is 0 Å². The molecule has 0 unspecified atom stereocenters. The Morgan fingerprint density at radius 3 is 1.65 bits per heavy atom. The fraction of sp³-hybridized carbons (Fsp3) is 0.200. The van der Waals surface area contributed by atoms with Crippen molar-refractivity contribution in [2.75, 3.05) is 11.5 Å². The molecule has 0 aliphatic carbocycles. The van der Waals surface area contributed by atoms with Gasteiger partial charge in [0.15, 0.2) is 23.0 Å². The minimum atomic E-state index is -4.55.